The fourth-order valence-electron chi connectivity index (χ4n) is 4.31. The van der Waals surface area contributed by atoms with Crippen LogP contribution >= 0.6 is 0 Å². The predicted molar refractivity (Wildman–Crippen MR) is 106 cm³/mol. The van der Waals surface area contributed by atoms with E-state index in [1.807, 2.05) is 4.90 Å². The Morgan fingerprint density at radius 1 is 1.11 bits per heavy atom. The molecule has 1 saturated carbocycles. The fraction of sp³-hybridized carbons (Fsp3) is 0.545. The summed E-state index contributed by atoms with van der Waals surface area (Å²) < 4.78 is 15.7. The van der Waals surface area contributed by atoms with E-state index in [-0.39, 0.29) is 12.5 Å². The van der Waals surface area contributed by atoms with E-state index in [4.69, 9.17) is 14.2 Å². The number of carbonyl (C=O) groups excluding carboxylic acids is 2. The van der Waals surface area contributed by atoms with Gasteiger partial charge < -0.3 is 19.1 Å². The predicted octanol–water partition coefficient (Wildman–Crippen LogP) is 3.44. The molecular formula is C22H29NO5. The molecule has 1 aromatic rings. The number of likely N-dealkylation sites (tertiary alicyclic amines) is 1. The molecule has 3 rings (SSSR count). The Morgan fingerprint density at radius 2 is 1.89 bits per heavy atom. The number of hydrogen-bond donors (Lipinski definition) is 0. The average molecular weight is 387 g/mol. The van der Waals surface area contributed by atoms with E-state index in [9.17, 15) is 9.59 Å². The first kappa shape index (κ1) is 20.2. The smallest absolute Gasteiger partial charge is 0.331 e. The van der Waals surface area contributed by atoms with Gasteiger partial charge in [0.15, 0.2) is 6.61 Å². The van der Waals surface area contributed by atoms with Crippen LogP contribution in [0.4, 0.5) is 0 Å². The maximum absolute atomic E-state index is 12.6. The fourth-order valence-corrected chi connectivity index (χ4v) is 4.31. The molecule has 1 amide bonds. The normalized spacial score (nSPS) is 21.9. The highest BCUT2D eigenvalue weighted by molar-refractivity contribution is 5.89. The Balaban J connectivity index is 1.54. The van der Waals surface area contributed by atoms with Crippen molar-refractivity contribution in [3.8, 4) is 11.5 Å². The number of esters is 1. The van der Waals surface area contributed by atoms with Crippen molar-refractivity contribution < 1.29 is 23.8 Å². The number of piperidine rings is 1. The molecule has 1 saturated heterocycles. The van der Waals surface area contributed by atoms with E-state index in [2.05, 4.69) is 0 Å². The van der Waals surface area contributed by atoms with Crippen LogP contribution in [-0.4, -0.2) is 50.2 Å². The van der Waals surface area contributed by atoms with Crippen molar-refractivity contribution in [2.45, 2.75) is 44.6 Å². The number of fused-ring (bicyclic) bond motifs is 1. The van der Waals surface area contributed by atoms with Crippen molar-refractivity contribution in [2.24, 2.45) is 5.92 Å². The molecule has 0 aromatic heterocycles. The van der Waals surface area contributed by atoms with Crippen LogP contribution in [0.15, 0.2) is 24.3 Å². The van der Waals surface area contributed by atoms with Crippen LogP contribution in [0.25, 0.3) is 6.08 Å². The summed E-state index contributed by atoms with van der Waals surface area (Å²) in [6.07, 6.45) is 9.90. The van der Waals surface area contributed by atoms with Crippen LogP contribution in [-0.2, 0) is 14.3 Å². The minimum absolute atomic E-state index is 0.0830. The molecule has 1 aliphatic carbocycles. The first-order valence-electron chi connectivity index (χ1n) is 9.98. The average Bonchev–Trinajstić information content (AvgIpc) is 2.75. The third-order valence-corrected chi connectivity index (χ3v) is 5.74. The summed E-state index contributed by atoms with van der Waals surface area (Å²) in [6, 6.07) is 5.65. The molecule has 6 nitrogen and oxygen atoms in total. The van der Waals surface area contributed by atoms with Gasteiger partial charge in [0, 0.05) is 30.3 Å². The molecule has 28 heavy (non-hydrogen) atoms. The van der Waals surface area contributed by atoms with Crippen LogP contribution in [0.3, 0.4) is 0 Å². The molecule has 6 heteroatoms. The highest BCUT2D eigenvalue weighted by atomic mass is 16.5. The van der Waals surface area contributed by atoms with E-state index in [0.29, 0.717) is 23.5 Å². The number of amides is 1. The second-order valence-electron chi connectivity index (χ2n) is 7.39. The van der Waals surface area contributed by atoms with Crippen LogP contribution in [0.5, 0.6) is 11.5 Å². The number of nitrogens with zero attached hydrogens (tertiary/aromatic N) is 1. The highest BCUT2D eigenvalue weighted by Crippen LogP contribution is 2.35. The van der Waals surface area contributed by atoms with Gasteiger partial charge in [-0.05, 0) is 49.8 Å². The first-order chi connectivity index (χ1) is 13.6. The van der Waals surface area contributed by atoms with Gasteiger partial charge in [0.25, 0.3) is 5.91 Å². The van der Waals surface area contributed by atoms with Crippen LogP contribution in [0, 0.1) is 5.92 Å². The Labute approximate surface area is 166 Å². The minimum atomic E-state index is -0.538. The van der Waals surface area contributed by atoms with E-state index < -0.39 is 5.97 Å². The van der Waals surface area contributed by atoms with Crippen molar-refractivity contribution >= 4 is 18.0 Å². The van der Waals surface area contributed by atoms with Crippen molar-refractivity contribution in [3.05, 3.63) is 29.8 Å². The molecule has 0 unspecified atom stereocenters. The molecule has 1 aromatic carbocycles. The van der Waals surface area contributed by atoms with Gasteiger partial charge in [-0.1, -0.05) is 12.8 Å². The molecule has 0 spiro atoms. The van der Waals surface area contributed by atoms with Gasteiger partial charge in [0.1, 0.15) is 11.5 Å². The lowest BCUT2D eigenvalue weighted by Gasteiger charge is -2.44. The molecule has 0 N–H and O–H groups in total. The van der Waals surface area contributed by atoms with Gasteiger partial charge in [-0.25, -0.2) is 4.79 Å². The molecule has 1 aliphatic heterocycles. The lowest BCUT2D eigenvalue weighted by Crippen LogP contribution is -2.50. The zero-order chi connectivity index (χ0) is 19.9. The lowest BCUT2D eigenvalue weighted by atomic mass is 9.78. The summed E-state index contributed by atoms with van der Waals surface area (Å²) in [5, 5.41) is 0. The summed E-state index contributed by atoms with van der Waals surface area (Å²) in [4.78, 5) is 26.6. The zero-order valence-corrected chi connectivity index (χ0v) is 16.7. The van der Waals surface area contributed by atoms with Crippen LogP contribution in [0.1, 0.15) is 44.1 Å². The lowest BCUT2D eigenvalue weighted by molar-refractivity contribution is -0.151. The van der Waals surface area contributed by atoms with Gasteiger partial charge in [0.2, 0.25) is 0 Å². The Hall–Kier alpha value is -2.50. The summed E-state index contributed by atoms with van der Waals surface area (Å²) in [7, 11) is 3.14. The molecule has 0 radical (unpaired) electrons. The van der Waals surface area contributed by atoms with Gasteiger partial charge in [-0.3, -0.25) is 4.79 Å². The molecule has 1 heterocycles. The van der Waals surface area contributed by atoms with E-state index in [1.54, 1.807) is 38.5 Å². The second kappa shape index (κ2) is 9.62. The van der Waals surface area contributed by atoms with Gasteiger partial charge in [-0.15, -0.1) is 0 Å². The second-order valence-corrected chi connectivity index (χ2v) is 7.39. The Morgan fingerprint density at radius 3 is 2.68 bits per heavy atom. The van der Waals surface area contributed by atoms with Gasteiger partial charge >= 0.3 is 5.97 Å². The van der Waals surface area contributed by atoms with Crippen LogP contribution < -0.4 is 9.47 Å². The summed E-state index contributed by atoms with van der Waals surface area (Å²) in [5.74, 6) is 1.26. The zero-order valence-electron chi connectivity index (χ0n) is 16.7. The third-order valence-electron chi connectivity index (χ3n) is 5.74. The van der Waals surface area contributed by atoms with Crippen molar-refractivity contribution in [2.75, 3.05) is 27.4 Å². The van der Waals surface area contributed by atoms with Gasteiger partial charge in [-0.2, -0.15) is 0 Å². The standard InChI is InChI=1S/C22H29NO5/c1-26-18-11-9-17(20(14-18)27-2)10-12-22(25)28-15-21(24)23-13-5-7-16-6-3-4-8-19(16)23/h9-12,14,16,19H,3-8,13,15H2,1-2H3/b12-10+/t16-,19+/m0/s1. The largest absolute Gasteiger partial charge is 0.497 e. The number of ether oxygens (including phenoxy) is 3. The minimum Gasteiger partial charge on any atom is -0.497 e. The Kier molecular flexibility index (Phi) is 6.95. The van der Waals surface area contributed by atoms with E-state index >= 15 is 0 Å². The number of hydrogen-bond acceptors (Lipinski definition) is 5. The quantitative estimate of drug-likeness (QED) is 0.553. The number of carbonyl (C=O) groups is 2. The van der Waals surface area contributed by atoms with Crippen molar-refractivity contribution in [3.63, 3.8) is 0 Å². The number of benzene rings is 1. The maximum Gasteiger partial charge on any atom is 0.331 e. The third kappa shape index (κ3) is 4.86. The summed E-state index contributed by atoms with van der Waals surface area (Å²) in [5.41, 5.74) is 0.729. The first-order valence-corrected chi connectivity index (χ1v) is 9.98. The SMILES string of the molecule is COc1ccc(/C=C/C(=O)OCC(=O)N2CCC[C@@H]3CCCC[C@H]32)c(OC)c1. The van der Waals surface area contributed by atoms with Crippen molar-refractivity contribution in [1.29, 1.82) is 0 Å². The molecule has 2 fully saturated rings. The molecule has 2 aliphatic rings. The number of methoxy groups -OCH3 is 2. The summed E-state index contributed by atoms with van der Waals surface area (Å²) >= 11 is 0. The van der Waals surface area contributed by atoms with Gasteiger partial charge in [0.05, 0.1) is 14.2 Å². The highest BCUT2D eigenvalue weighted by Gasteiger charge is 2.35. The van der Waals surface area contributed by atoms with Crippen molar-refractivity contribution in [1.82, 2.24) is 4.90 Å². The molecular weight excluding hydrogens is 358 g/mol. The van der Waals surface area contributed by atoms with E-state index in [1.165, 1.54) is 31.8 Å². The van der Waals surface area contributed by atoms with E-state index in [0.717, 1.165) is 24.9 Å². The topological polar surface area (TPSA) is 65.1 Å². The maximum atomic E-state index is 12.6. The summed E-state index contributed by atoms with van der Waals surface area (Å²) in [6.45, 7) is 0.572. The van der Waals surface area contributed by atoms with Crippen LogP contribution in [0.2, 0.25) is 0 Å². The Bertz CT molecular complexity index is 728. The molecule has 2 atom stereocenters. The molecule has 152 valence electrons. The molecule has 0 bridgehead atoms. The monoisotopic (exact) mass is 387 g/mol. The number of rotatable bonds is 6.